The molecule has 0 amide bonds. The number of benzene rings is 1. The van der Waals surface area contributed by atoms with Gasteiger partial charge in [-0.3, -0.25) is 4.79 Å². The van der Waals surface area contributed by atoms with Crippen LogP contribution in [0.2, 0.25) is 0 Å². The summed E-state index contributed by atoms with van der Waals surface area (Å²) in [7, 11) is 1.37. The normalized spacial score (nSPS) is 11.2. The van der Waals surface area contributed by atoms with Crippen LogP contribution in [0.1, 0.15) is 33.5 Å². The van der Waals surface area contributed by atoms with E-state index in [1.54, 1.807) is 18.2 Å². The Kier molecular flexibility index (Phi) is 6.49. The molecule has 0 aliphatic heterocycles. The number of hydrogen-bond donors (Lipinski definition) is 0. The molecule has 1 aromatic carbocycles. The maximum Gasteiger partial charge on any atom is 0.387 e. The first kappa shape index (κ1) is 18.1. The maximum atomic E-state index is 12.3. The SMILES string of the molecule is CCCc1ccc(C(=O)/C=C/c2ccc(OC(F)F)c(OC)c2)s1. The lowest BCUT2D eigenvalue weighted by Crippen LogP contribution is -2.03. The van der Waals surface area contributed by atoms with Crippen LogP contribution in [-0.2, 0) is 6.42 Å². The Hall–Kier alpha value is -2.21. The van der Waals surface area contributed by atoms with Crippen molar-refractivity contribution in [3.05, 3.63) is 51.7 Å². The van der Waals surface area contributed by atoms with Crippen molar-refractivity contribution >= 4 is 23.2 Å². The number of carbonyl (C=O) groups is 1. The minimum atomic E-state index is -2.92. The molecule has 0 N–H and O–H groups in total. The molecule has 24 heavy (non-hydrogen) atoms. The third kappa shape index (κ3) is 4.89. The van der Waals surface area contributed by atoms with Crippen molar-refractivity contribution in [2.75, 3.05) is 7.11 Å². The number of rotatable bonds is 8. The number of allylic oxidation sites excluding steroid dienone is 1. The van der Waals surface area contributed by atoms with Gasteiger partial charge in [0, 0.05) is 4.88 Å². The number of ether oxygens (including phenoxy) is 2. The number of ketones is 1. The van der Waals surface area contributed by atoms with E-state index in [4.69, 9.17) is 4.74 Å². The number of methoxy groups -OCH3 is 1. The summed E-state index contributed by atoms with van der Waals surface area (Å²) in [4.78, 5) is 14.0. The number of halogens is 2. The molecular formula is C18H18F2O3S. The zero-order chi connectivity index (χ0) is 17.5. The Morgan fingerprint density at radius 1 is 1.25 bits per heavy atom. The molecule has 3 nitrogen and oxygen atoms in total. The van der Waals surface area contributed by atoms with Crippen molar-refractivity contribution in [1.29, 1.82) is 0 Å². The average Bonchev–Trinajstić information content (AvgIpc) is 3.02. The number of carbonyl (C=O) groups excluding carboxylic acids is 1. The van der Waals surface area contributed by atoms with Gasteiger partial charge in [0.2, 0.25) is 0 Å². The molecule has 6 heteroatoms. The van der Waals surface area contributed by atoms with Gasteiger partial charge in [0.1, 0.15) is 0 Å². The van der Waals surface area contributed by atoms with Crippen LogP contribution in [0.4, 0.5) is 8.78 Å². The Morgan fingerprint density at radius 3 is 2.71 bits per heavy atom. The van der Waals surface area contributed by atoms with Crippen molar-refractivity contribution in [2.45, 2.75) is 26.4 Å². The lowest BCUT2D eigenvalue weighted by Gasteiger charge is -2.10. The maximum absolute atomic E-state index is 12.3. The van der Waals surface area contributed by atoms with E-state index in [9.17, 15) is 13.6 Å². The van der Waals surface area contributed by atoms with Gasteiger partial charge in [-0.15, -0.1) is 11.3 Å². The van der Waals surface area contributed by atoms with Gasteiger partial charge >= 0.3 is 6.61 Å². The van der Waals surface area contributed by atoms with E-state index in [0.717, 1.165) is 12.8 Å². The second kappa shape index (κ2) is 8.59. The predicted molar refractivity (Wildman–Crippen MR) is 91.3 cm³/mol. The molecule has 1 aromatic heterocycles. The summed E-state index contributed by atoms with van der Waals surface area (Å²) in [6.45, 7) is -0.825. The van der Waals surface area contributed by atoms with E-state index in [0.29, 0.717) is 10.4 Å². The van der Waals surface area contributed by atoms with Crippen LogP contribution in [0.15, 0.2) is 36.4 Å². The van der Waals surface area contributed by atoms with Crippen LogP contribution in [0.3, 0.4) is 0 Å². The summed E-state index contributed by atoms with van der Waals surface area (Å²) in [6.07, 6.45) is 5.08. The van der Waals surface area contributed by atoms with E-state index in [-0.39, 0.29) is 17.3 Å². The van der Waals surface area contributed by atoms with Gasteiger partial charge in [-0.05, 0) is 42.3 Å². The summed E-state index contributed by atoms with van der Waals surface area (Å²) < 4.78 is 34.0. The fraction of sp³-hybridized carbons (Fsp3) is 0.278. The van der Waals surface area contributed by atoms with E-state index in [1.165, 1.54) is 35.5 Å². The molecule has 0 aliphatic rings. The van der Waals surface area contributed by atoms with Crippen molar-refractivity contribution in [2.24, 2.45) is 0 Å². The van der Waals surface area contributed by atoms with Gasteiger partial charge in [0.15, 0.2) is 17.3 Å². The average molecular weight is 352 g/mol. The fourth-order valence-corrected chi connectivity index (χ4v) is 3.16. The Balaban J connectivity index is 2.11. The summed E-state index contributed by atoms with van der Waals surface area (Å²) in [5.41, 5.74) is 0.659. The van der Waals surface area contributed by atoms with Crippen LogP contribution >= 0.6 is 11.3 Å². The van der Waals surface area contributed by atoms with Crippen LogP contribution in [-0.4, -0.2) is 19.5 Å². The summed E-state index contributed by atoms with van der Waals surface area (Å²) in [5.74, 6) is 0.0546. The van der Waals surface area contributed by atoms with E-state index in [1.807, 2.05) is 12.1 Å². The first-order chi connectivity index (χ1) is 11.5. The van der Waals surface area contributed by atoms with E-state index < -0.39 is 6.61 Å². The molecule has 0 unspecified atom stereocenters. The van der Waals surface area contributed by atoms with Crippen LogP contribution in [0.25, 0.3) is 6.08 Å². The number of hydrogen-bond acceptors (Lipinski definition) is 4. The molecule has 2 rings (SSSR count). The molecule has 0 atom stereocenters. The second-order valence-corrected chi connectivity index (χ2v) is 6.17. The number of alkyl halides is 2. The summed E-state index contributed by atoms with van der Waals surface area (Å²) in [6, 6.07) is 8.30. The highest BCUT2D eigenvalue weighted by Crippen LogP contribution is 2.30. The molecule has 0 fully saturated rings. The standard InChI is InChI=1S/C18H18F2O3S/c1-3-4-13-7-10-17(24-13)14(21)8-5-12-6-9-15(23-18(19)20)16(11-12)22-2/h5-11,18H,3-4H2,1-2H3/b8-5+. The first-order valence-electron chi connectivity index (χ1n) is 7.47. The third-order valence-electron chi connectivity index (χ3n) is 3.23. The Morgan fingerprint density at radius 2 is 2.04 bits per heavy atom. The minimum absolute atomic E-state index is 0.0431. The molecule has 0 saturated carbocycles. The lowest BCUT2D eigenvalue weighted by molar-refractivity contribution is -0.0512. The van der Waals surface area contributed by atoms with Crippen molar-refractivity contribution in [3.63, 3.8) is 0 Å². The van der Waals surface area contributed by atoms with Crippen molar-refractivity contribution in [3.8, 4) is 11.5 Å². The van der Waals surface area contributed by atoms with Crippen molar-refractivity contribution in [1.82, 2.24) is 0 Å². The molecule has 128 valence electrons. The van der Waals surface area contributed by atoms with Gasteiger partial charge in [-0.1, -0.05) is 25.5 Å². The van der Waals surface area contributed by atoms with Crippen LogP contribution < -0.4 is 9.47 Å². The Bertz CT molecular complexity index is 723. The molecule has 1 heterocycles. The van der Waals surface area contributed by atoms with E-state index in [2.05, 4.69) is 11.7 Å². The van der Waals surface area contributed by atoms with Gasteiger partial charge in [0.05, 0.1) is 12.0 Å². The molecule has 0 radical (unpaired) electrons. The zero-order valence-corrected chi connectivity index (χ0v) is 14.2. The summed E-state index contributed by atoms with van der Waals surface area (Å²) >= 11 is 1.49. The first-order valence-corrected chi connectivity index (χ1v) is 8.29. The van der Waals surface area contributed by atoms with Crippen LogP contribution in [0.5, 0.6) is 11.5 Å². The third-order valence-corrected chi connectivity index (χ3v) is 4.39. The highest BCUT2D eigenvalue weighted by atomic mass is 32.1. The molecular weight excluding hydrogens is 334 g/mol. The number of aryl methyl sites for hydroxylation is 1. The molecule has 0 aliphatic carbocycles. The highest BCUT2D eigenvalue weighted by molar-refractivity contribution is 7.14. The second-order valence-electron chi connectivity index (χ2n) is 5.00. The predicted octanol–water partition coefficient (Wildman–Crippen LogP) is 5.21. The highest BCUT2D eigenvalue weighted by Gasteiger charge is 2.11. The minimum Gasteiger partial charge on any atom is -0.493 e. The van der Waals surface area contributed by atoms with E-state index >= 15 is 0 Å². The van der Waals surface area contributed by atoms with Gasteiger partial charge in [0.25, 0.3) is 0 Å². The van der Waals surface area contributed by atoms with Crippen molar-refractivity contribution < 1.29 is 23.0 Å². The molecule has 0 bridgehead atoms. The van der Waals surface area contributed by atoms with Gasteiger partial charge < -0.3 is 9.47 Å². The largest absolute Gasteiger partial charge is 0.493 e. The van der Waals surface area contributed by atoms with Gasteiger partial charge in [-0.2, -0.15) is 8.78 Å². The zero-order valence-electron chi connectivity index (χ0n) is 13.4. The molecule has 0 spiro atoms. The monoisotopic (exact) mass is 352 g/mol. The van der Waals surface area contributed by atoms with Gasteiger partial charge in [-0.25, -0.2) is 0 Å². The fourth-order valence-electron chi connectivity index (χ4n) is 2.13. The summed E-state index contributed by atoms with van der Waals surface area (Å²) in [5, 5.41) is 0. The topological polar surface area (TPSA) is 35.5 Å². The van der Waals surface area contributed by atoms with Crippen LogP contribution in [0, 0.1) is 0 Å². The lowest BCUT2D eigenvalue weighted by atomic mass is 10.1. The smallest absolute Gasteiger partial charge is 0.387 e. The Labute approximate surface area is 143 Å². The quantitative estimate of drug-likeness (QED) is 0.483. The molecule has 0 saturated heterocycles. The number of thiophene rings is 1. The molecule has 2 aromatic rings.